The molecule has 22 heavy (non-hydrogen) atoms. The standard InChI is InChI=1S/C16H22N4OS/c1-13-19-11-15(22-13)12-20-16(17-2)18-9-6-10-21-14-7-4-3-5-8-14/h3-5,7-8,11H,6,9-10,12H2,1-2H3,(H2,17,18,20). The van der Waals surface area contributed by atoms with Gasteiger partial charge in [-0.3, -0.25) is 4.99 Å². The van der Waals surface area contributed by atoms with Crippen LogP contribution in [0.25, 0.3) is 0 Å². The Morgan fingerprint density at radius 3 is 2.77 bits per heavy atom. The zero-order chi connectivity index (χ0) is 15.6. The van der Waals surface area contributed by atoms with Crippen LogP contribution in [0.5, 0.6) is 5.75 Å². The number of thiazole rings is 1. The molecule has 6 heteroatoms. The largest absolute Gasteiger partial charge is 0.494 e. The van der Waals surface area contributed by atoms with Crippen LogP contribution in [0.4, 0.5) is 0 Å². The highest BCUT2D eigenvalue weighted by molar-refractivity contribution is 7.11. The van der Waals surface area contributed by atoms with Gasteiger partial charge in [-0.2, -0.15) is 0 Å². The van der Waals surface area contributed by atoms with E-state index >= 15 is 0 Å². The number of aliphatic imine (C=N–C) groups is 1. The molecule has 2 rings (SSSR count). The van der Waals surface area contributed by atoms with Crippen LogP contribution in [-0.4, -0.2) is 31.1 Å². The van der Waals surface area contributed by atoms with E-state index in [1.54, 1.807) is 18.4 Å². The SMILES string of the molecule is CN=C(NCCCOc1ccccc1)NCc1cnc(C)s1. The van der Waals surface area contributed by atoms with Crippen molar-refractivity contribution in [1.82, 2.24) is 15.6 Å². The van der Waals surface area contributed by atoms with Crippen molar-refractivity contribution in [2.45, 2.75) is 19.9 Å². The van der Waals surface area contributed by atoms with Crippen molar-refractivity contribution in [3.63, 3.8) is 0 Å². The molecule has 0 atom stereocenters. The summed E-state index contributed by atoms with van der Waals surface area (Å²) in [6.45, 7) is 4.25. The molecule has 2 N–H and O–H groups in total. The first-order valence-corrected chi connectivity index (χ1v) is 8.13. The van der Waals surface area contributed by atoms with E-state index in [1.165, 1.54) is 4.88 Å². The Bertz CT molecular complexity index is 583. The van der Waals surface area contributed by atoms with Gasteiger partial charge < -0.3 is 15.4 Å². The number of nitrogens with zero attached hydrogens (tertiary/aromatic N) is 2. The molecule has 0 unspecified atom stereocenters. The summed E-state index contributed by atoms with van der Waals surface area (Å²) in [6, 6.07) is 9.85. The van der Waals surface area contributed by atoms with Crippen molar-refractivity contribution in [2.75, 3.05) is 20.2 Å². The van der Waals surface area contributed by atoms with Gasteiger partial charge in [-0.25, -0.2) is 4.98 Å². The zero-order valence-electron chi connectivity index (χ0n) is 13.0. The second-order valence-corrected chi connectivity index (χ2v) is 6.03. The van der Waals surface area contributed by atoms with Crippen molar-refractivity contribution in [2.24, 2.45) is 4.99 Å². The minimum Gasteiger partial charge on any atom is -0.494 e. The summed E-state index contributed by atoms with van der Waals surface area (Å²) in [7, 11) is 1.77. The van der Waals surface area contributed by atoms with Gasteiger partial charge in [-0.15, -0.1) is 11.3 Å². The third-order valence-electron chi connectivity index (χ3n) is 2.95. The lowest BCUT2D eigenvalue weighted by Gasteiger charge is -2.11. The molecule has 1 aromatic heterocycles. The maximum absolute atomic E-state index is 5.65. The molecule has 0 fully saturated rings. The minimum absolute atomic E-state index is 0.683. The Morgan fingerprint density at radius 1 is 1.27 bits per heavy atom. The van der Waals surface area contributed by atoms with E-state index in [0.717, 1.165) is 36.2 Å². The molecule has 0 aliphatic rings. The molecule has 0 bridgehead atoms. The molecular formula is C16H22N4OS. The summed E-state index contributed by atoms with van der Waals surface area (Å²) in [6.07, 6.45) is 2.81. The molecular weight excluding hydrogens is 296 g/mol. The van der Waals surface area contributed by atoms with E-state index in [4.69, 9.17) is 4.74 Å². The fourth-order valence-electron chi connectivity index (χ4n) is 1.86. The average Bonchev–Trinajstić information content (AvgIpc) is 2.96. The summed E-state index contributed by atoms with van der Waals surface area (Å²) in [5.41, 5.74) is 0. The molecule has 118 valence electrons. The molecule has 0 aliphatic heterocycles. The van der Waals surface area contributed by atoms with E-state index in [0.29, 0.717) is 6.61 Å². The Labute approximate surface area is 135 Å². The minimum atomic E-state index is 0.683. The highest BCUT2D eigenvalue weighted by Gasteiger charge is 2.01. The first-order chi connectivity index (χ1) is 10.8. The maximum Gasteiger partial charge on any atom is 0.191 e. The molecule has 1 heterocycles. The fraction of sp³-hybridized carbons (Fsp3) is 0.375. The molecule has 0 saturated heterocycles. The van der Waals surface area contributed by atoms with Crippen LogP contribution in [-0.2, 0) is 6.54 Å². The number of ether oxygens (including phenoxy) is 1. The molecule has 5 nitrogen and oxygen atoms in total. The lowest BCUT2D eigenvalue weighted by atomic mass is 10.3. The fourth-order valence-corrected chi connectivity index (χ4v) is 2.60. The van der Waals surface area contributed by atoms with Crippen molar-refractivity contribution in [1.29, 1.82) is 0 Å². The van der Waals surface area contributed by atoms with E-state index in [2.05, 4.69) is 20.6 Å². The second kappa shape index (κ2) is 9.04. The van der Waals surface area contributed by atoms with Crippen molar-refractivity contribution < 1.29 is 4.74 Å². The summed E-state index contributed by atoms with van der Waals surface area (Å²) in [5.74, 6) is 1.70. The smallest absolute Gasteiger partial charge is 0.191 e. The van der Waals surface area contributed by atoms with Gasteiger partial charge >= 0.3 is 0 Å². The molecule has 1 aromatic carbocycles. The second-order valence-electron chi connectivity index (χ2n) is 4.71. The first-order valence-electron chi connectivity index (χ1n) is 7.31. The molecule has 0 spiro atoms. The summed E-state index contributed by atoms with van der Waals surface area (Å²) in [5, 5.41) is 7.63. The summed E-state index contributed by atoms with van der Waals surface area (Å²) in [4.78, 5) is 9.64. The number of aryl methyl sites for hydroxylation is 1. The number of nitrogens with one attached hydrogen (secondary N) is 2. The number of guanidine groups is 1. The van der Waals surface area contributed by atoms with E-state index in [-0.39, 0.29) is 0 Å². The Hall–Kier alpha value is -2.08. The van der Waals surface area contributed by atoms with Gasteiger partial charge in [0.05, 0.1) is 18.2 Å². The van der Waals surface area contributed by atoms with Crippen LogP contribution in [0, 0.1) is 6.92 Å². The van der Waals surface area contributed by atoms with Gasteiger partial charge in [-0.1, -0.05) is 18.2 Å². The van der Waals surface area contributed by atoms with Crippen molar-refractivity contribution in [3.05, 3.63) is 46.4 Å². The van der Waals surface area contributed by atoms with E-state index in [9.17, 15) is 0 Å². The normalized spacial score (nSPS) is 11.3. The van der Waals surface area contributed by atoms with Gasteiger partial charge in [0.1, 0.15) is 5.75 Å². The number of para-hydroxylation sites is 1. The Balaban J connectivity index is 1.60. The molecule has 0 saturated carbocycles. The highest BCUT2D eigenvalue weighted by Crippen LogP contribution is 2.10. The third kappa shape index (κ3) is 5.73. The third-order valence-corrected chi connectivity index (χ3v) is 3.86. The maximum atomic E-state index is 5.65. The molecule has 0 amide bonds. The van der Waals surface area contributed by atoms with Crippen molar-refractivity contribution in [3.8, 4) is 5.75 Å². The topological polar surface area (TPSA) is 58.5 Å². The lowest BCUT2D eigenvalue weighted by Crippen LogP contribution is -2.37. The Morgan fingerprint density at radius 2 is 2.09 bits per heavy atom. The number of aromatic nitrogens is 1. The molecule has 0 radical (unpaired) electrons. The molecule has 0 aliphatic carbocycles. The lowest BCUT2D eigenvalue weighted by molar-refractivity contribution is 0.311. The van der Waals surface area contributed by atoms with Crippen LogP contribution in [0.2, 0.25) is 0 Å². The number of hydrogen-bond acceptors (Lipinski definition) is 4. The zero-order valence-corrected chi connectivity index (χ0v) is 13.8. The predicted molar refractivity (Wildman–Crippen MR) is 91.6 cm³/mol. The van der Waals surface area contributed by atoms with Crippen LogP contribution in [0.3, 0.4) is 0 Å². The molecule has 2 aromatic rings. The van der Waals surface area contributed by atoms with Gasteiger partial charge in [0, 0.05) is 24.7 Å². The number of benzene rings is 1. The summed E-state index contributed by atoms with van der Waals surface area (Å²) >= 11 is 1.69. The van der Waals surface area contributed by atoms with Crippen LogP contribution in [0.15, 0.2) is 41.5 Å². The first kappa shape index (κ1) is 16.3. The number of hydrogen-bond donors (Lipinski definition) is 2. The number of rotatable bonds is 7. The predicted octanol–water partition coefficient (Wildman–Crippen LogP) is 2.59. The van der Waals surface area contributed by atoms with Gasteiger partial charge in [0.25, 0.3) is 0 Å². The van der Waals surface area contributed by atoms with Gasteiger partial charge in [-0.05, 0) is 25.5 Å². The van der Waals surface area contributed by atoms with E-state index < -0.39 is 0 Å². The van der Waals surface area contributed by atoms with Crippen LogP contribution >= 0.6 is 11.3 Å². The van der Waals surface area contributed by atoms with Crippen molar-refractivity contribution >= 4 is 17.3 Å². The van der Waals surface area contributed by atoms with Crippen LogP contribution in [0.1, 0.15) is 16.3 Å². The Kier molecular flexibility index (Phi) is 6.70. The average molecular weight is 318 g/mol. The monoisotopic (exact) mass is 318 g/mol. The highest BCUT2D eigenvalue weighted by atomic mass is 32.1. The summed E-state index contributed by atoms with van der Waals surface area (Å²) < 4.78 is 5.65. The quantitative estimate of drug-likeness (QED) is 0.468. The van der Waals surface area contributed by atoms with Crippen LogP contribution < -0.4 is 15.4 Å². The van der Waals surface area contributed by atoms with E-state index in [1.807, 2.05) is 43.5 Å². The van der Waals surface area contributed by atoms with Gasteiger partial charge in [0.2, 0.25) is 0 Å². The van der Waals surface area contributed by atoms with Gasteiger partial charge in [0.15, 0.2) is 5.96 Å².